The molecule has 3 heterocycles. The Kier molecular flexibility index (Phi) is 4.37. The van der Waals surface area contributed by atoms with E-state index < -0.39 is 0 Å². The van der Waals surface area contributed by atoms with Gasteiger partial charge in [-0.25, -0.2) is 0 Å². The third-order valence-corrected chi connectivity index (χ3v) is 4.48. The van der Waals surface area contributed by atoms with Crippen molar-refractivity contribution in [1.29, 1.82) is 0 Å². The third-order valence-electron chi connectivity index (χ3n) is 4.48. The lowest BCUT2D eigenvalue weighted by Gasteiger charge is -2.37. The molecular formula is C18H22N2O3. The first-order valence-corrected chi connectivity index (χ1v) is 8.06. The van der Waals surface area contributed by atoms with Crippen LogP contribution in [0.2, 0.25) is 0 Å². The fourth-order valence-electron chi connectivity index (χ4n) is 3.17. The van der Waals surface area contributed by atoms with Crippen LogP contribution in [0.3, 0.4) is 0 Å². The molecule has 1 aliphatic heterocycles. The molecule has 0 N–H and O–H groups in total. The smallest absolute Gasteiger partial charge is 0.250 e. The monoisotopic (exact) mass is 314 g/mol. The molecule has 0 aliphatic carbocycles. The summed E-state index contributed by atoms with van der Waals surface area (Å²) >= 11 is 0. The van der Waals surface area contributed by atoms with Crippen LogP contribution >= 0.6 is 0 Å². The minimum Gasteiger partial charge on any atom is -0.464 e. The fourth-order valence-corrected chi connectivity index (χ4v) is 3.17. The first kappa shape index (κ1) is 15.6. The van der Waals surface area contributed by atoms with E-state index >= 15 is 0 Å². The van der Waals surface area contributed by atoms with Crippen molar-refractivity contribution in [2.75, 3.05) is 6.54 Å². The zero-order chi connectivity index (χ0) is 16.4. The van der Waals surface area contributed by atoms with E-state index in [1.807, 2.05) is 24.0 Å². The highest BCUT2D eigenvalue weighted by Gasteiger charge is 2.32. The highest BCUT2D eigenvalue weighted by Crippen LogP contribution is 2.35. The molecule has 2 aromatic heterocycles. The molecule has 3 rings (SSSR count). The van der Waals surface area contributed by atoms with Crippen molar-refractivity contribution in [2.45, 2.75) is 39.3 Å². The Labute approximate surface area is 135 Å². The number of rotatable bonds is 3. The van der Waals surface area contributed by atoms with Gasteiger partial charge in [0.15, 0.2) is 0 Å². The Morgan fingerprint density at radius 2 is 2.13 bits per heavy atom. The van der Waals surface area contributed by atoms with Crippen LogP contribution in [0, 0.1) is 12.8 Å². The number of furan rings is 1. The molecule has 1 saturated heterocycles. The predicted molar refractivity (Wildman–Crippen MR) is 87.0 cm³/mol. The molecule has 0 spiro atoms. The number of aromatic nitrogens is 1. The molecule has 5 nitrogen and oxygen atoms in total. The van der Waals surface area contributed by atoms with E-state index in [0.717, 1.165) is 24.4 Å². The number of amides is 1. The van der Waals surface area contributed by atoms with Crippen molar-refractivity contribution >= 4 is 5.91 Å². The highest BCUT2D eigenvalue weighted by molar-refractivity contribution is 5.76. The van der Waals surface area contributed by atoms with E-state index in [4.69, 9.17) is 4.42 Å². The quantitative estimate of drug-likeness (QED) is 0.875. The minimum absolute atomic E-state index is 0.0377. The molecule has 2 atom stereocenters. The molecular weight excluding hydrogens is 292 g/mol. The maximum absolute atomic E-state index is 12.7. The van der Waals surface area contributed by atoms with Gasteiger partial charge >= 0.3 is 0 Å². The number of piperidine rings is 1. The van der Waals surface area contributed by atoms with Gasteiger partial charge in [-0.3, -0.25) is 9.59 Å². The van der Waals surface area contributed by atoms with Crippen molar-refractivity contribution in [3.8, 4) is 0 Å². The maximum atomic E-state index is 12.7. The van der Waals surface area contributed by atoms with E-state index in [1.165, 1.54) is 10.6 Å². The van der Waals surface area contributed by atoms with Gasteiger partial charge in [0, 0.05) is 18.8 Å². The molecule has 122 valence electrons. The zero-order valence-corrected chi connectivity index (χ0v) is 13.6. The number of carbonyl (C=O) groups excluding carboxylic acids is 1. The van der Waals surface area contributed by atoms with Gasteiger partial charge in [0.2, 0.25) is 5.91 Å². The van der Waals surface area contributed by atoms with Gasteiger partial charge < -0.3 is 13.9 Å². The van der Waals surface area contributed by atoms with E-state index in [1.54, 1.807) is 18.3 Å². The van der Waals surface area contributed by atoms with E-state index in [9.17, 15) is 9.59 Å². The van der Waals surface area contributed by atoms with Crippen molar-refractivity contribution in [1.82, 2.24) is 9.47 Å². The second-order valence-corrected chi connectivity index (χ2v) is 6.35. The Morgan fingerprint density at radius 3 is 2.83 bits per heavy atom. The standard InChI is InChI=1S/C18H22N2O3/c1-13-8-10-20(15(11-13)16-7-6-14(2)23-16)18(22)12-19-9-4-3-5-17(19)21/h3-7,9,13,15H,8,10-12H2,1-2H3/t13-,15+/m0/s1. The second-order valence-electron chi connectivity index (χ2n) is 6.35. The molecule has 2 aromatic rings. The summed E-state index contributed by atoms with van der Waals surface area (Å²) in [5.41, 5.74) is -0.156. The largest absolute Gasteiger partial charge is 0.464 e. The summed E-state index contributed by atoms with van der Waals surface area (Å²) in [5, 5.41) is 0. The van der Waals surface area contributed by atoms with Crippen LogP contribution in [-0.2, 0) is 11.3 Å². The molecule has 23 heavy (non-hydrogen) atoms. The van der Waals surface area contributed by atoms with Crippen molar-refractivity contribution in [3.05, 3.63) is 58.4 Å². The van der Waals surface area contributed by atoms with E-state index in [-0.39, 0.29) is 24.1 Å². The summed E-state index contributed by atoms with van der Waals surface area (Å²) in [5.74, 6) is 2.20. The van der Waals surface area contributed by atoms with Gasteiger partial charge in [0.25, 0.3) is 5.56 Å². The molecule has 1 fully saturated rings. The summed E-state index contributed by atoms with van der Waals surface area (Å²) in [7, 11) is 0. The minimum atomic E-state index is -0.156. The normalized spacial score (nSPS) is 21.4. The molecule has 0 bridgehead atoms. The molecule has 1 amide bonds. The summed E-state index contributed by atoms with van der Waals surface area (Å²) in [6.45, 7) is 4.88. The average Bonchev–Trinajstić information content (AvgIpc) is 2.96. The van der Waals surface area contributed by atoms with Crippen molar-refractivity contribution < 1.29 is 9.21 Å². The molecule has 0 unspecified atom stereocenters. The molecule has 1 aliphatic rings. The van der Waals surface area contributed by atoms with E-state index in [0.29, 0.717) is 12.5 Å². The SMILES string of the molecule is Cc1ccc([C@H]2C[C@@H](C)CCN2C(=O)Cn2ccccc2=O)o1. The zero-order valence-electron chi connectivity index (χ0n) is 13.6. The average molecular weight is 314 g/mol. The number of likely N-dealkylation sites (tertiary alicyclic amines) is 1. The summed E-state index contributed by atoms with van der Waals surface area (Å²) in [6, 6.07) is 8.75. The van der Waals surface area contributed by atoms with Crippen molar-refractivity contribution in [2.24, 2.45) is 5.92 Å². The number of nitrogens with zero attached hydrogens (tertiary/aromatic N) is 2. The Bertz CT molecular complexity index is 746. The molecule has 5 heteroatoms. The lowest BCUT2D eigenvalue weighted by Crippen LogP contribution is -2.43. The maximum Gasteiger partial charge on any atom is 0.250 e. The van der Waals surface area contributed by atoms with Crippen LogP contribution in [0.25, 0.3) is 0 Å². The summed E-state index contributed by atoms with van der Waals surface area (Å²) < 4.78 is 7.21. The predicted octanol–water partition coefficient (Wildman–Crippen LogP) is 2.75. The van der Waals surface area contributed by atoms with Crippen LogP contribution in [0.15, 0.2) is 45.7 Å². The van der Waals surface area contributed by atoms with Crippen LogP contribution in [0.1, 0.15) is 37.3 Å². The Hall–Kier alpha value is -2.30. The Morgan fingerprint density at radius 1 is 1.30 bits per heavy atom. The fraction of sp³-hybridized carbons (Fsp3) is 0.444. The van der Waals surface area contributed by atoms with Gasteiger partial charge in [-0.05, 0) is 43.9 Å². The molecule has 0 radical (unpaired) electrons. The summed E-state index contributed by atoms with van der Waals surface area (Å²) in [6.07, 6.45) is 3.52. The number of aryl methyl sites for hydroxylation is 1. The van der Waals surface area contributed by atoms with Crippen LogP contribution in [0.4, 0.5) is 0 Å². The number of pyridine rings is 1. The van der Waals surface area contributed by atoms with Gasteiger partial charge in [-0.15, -0.1) is 0 Å². The first-order valence-electron chi connectivity index (χ1n) is 8.06. The number of carbonyl (C=O) groups is 1. The first-order chi connectivity index (χ1) is 11.0. The lowest BCUT2D eigenvalue weighted by molar-refractivity contribution is -0.137. The van der Waals surface area contributed by atoms with Gasteiger partial charge in [-0.1, -0.05) is 13.0 Å². The lowest BCUT2D eigenvalue weighted by atomic mass is 9.91. The molecule has 0 saturated carbocycles. The van der Waals surface area contributed by atoms with Crippen LogP contribution in [0.5, 0.6) is 0 Å². The topological polar surface area (TPSA) is 55.5 Å². The van der Waals surface area contributed by atoms with Crippen LogP contribution in [-0.4, -0.2) is 21.9 Å². The van der Waals surface area contributed by atoms with Gasteiger partial charge in [0.1, 0.15) is 18.1 Å². The van der Waals surface area contributed by atoms with Crippen LogP contribution < -0.4 is 5.56 Å². The highest BCUT2D eigenvalue weighted by atomic mass is 16.3. The summed E-state index contributed by atoms with van der Waals surface area (Å²) in [4.78, 5) is 26.4. The van der Waals surface area contributed by atoms with Crippen molar-refractivity contribution in [3.63, 3.8) is 0 Å². The number of hydrogen-bond donors (Lipinski definition) is 0. The number of hydrogen-bond acceptors (Lipinski definition) is 3. The van der Waals surface area contributed by atoms with E-state index in [2.05, 4.69) is 6.92 Å². The van der Waals surface area contributed by atoms with Gasteiger partial charge in [0.05, 0.1) is 6.04 Å². The molecule has 0 aromatic carbocycles. The Balaban J connectivity index is 1.82. The second kappa shape index (κ2) is 6.44. The van der Waals surface area contributed by atoms with Gasteiger partial charge in [-0.2, -0.15) is 0 Å². The third kappa shape index (κ3) is 3.38.